The van der Waals surface area contributed by atoms with Gasteiger partial charge in [-0.2, -0.15) is 0 Å². The minimum absolute atomic E-state index is 0.665. The van der Waals surface area contributed by atoms with Crippen molar-refractivity contribution in [3.8, 4) is 0 Å². The molecule has 0 amide bonds. The number of carboxylic acid groups (broad SMARTS) is 3. The molecule has 0 aliphatic carbocycles. The Morgan fingerprint density at radius 1 is 0.762 bits per heavy atom. The van der Waals surface area contributed by atoms with Gasteiger partial charge in [0.1, 0.15) is 0 Å². The Kier molecular flexibility index (Phi) is 30.7. The van der Waals surface area contributed by atoms with E-state index in [1.54, 1.807) is 0 Å². The van der Waals surface area contributed by atoms with Crippen molar-refractivity contribution in [1.29, 1.82) is 0 Å². The Morgan fingerprint density at radius 3 is 1.05 bits per heavy atom. The van der Waals surface area contributed by atoms with Gasteiger partial charge in [-0.3, -0.25) is 14.4 Å². The van der Waals surface area contributed by atoms with Crippen LogP contribution in [0.3, 0.4) is 0 Å². The van der Waals surface area contributed by atoms with Gasteiger partial charge in [-0.25, -0.2) is 0 Å². The molecule has 0 aromatic carbocycles. The van der Waals surface area contributed by atoms with Crippen LogP contribution in [0.4, 0.5) is 0 Å². The highest BCUT2D eigenvalue weighted by molar-refractivity contribution is 5.82. The summed E-state index contributed by atoms with van der Waals surface area (Å²) in [6, 6.07) is 0. The predicted molar refractivity (Wildman–Crippen MR) is 79.8 cm³/mol. The van der Waals surface area contributed by atoms with Crippen LogP contribution in [0, 0.1) is 5.92 Å². The number of nitrogens with two attached hydrogens (primary N) is 3. The van der Waals surface area contributed by atoms with Crippen LogP contribution in [0.2, 0.25) is 0 Å². The first kappa shape index (κ1) is 27.6. The van der Waals surface area contributed by atoms with E-state index in [1.165, 1.54) is 0 Å². The van der Waals surface area contributed by atoms with Gasteiger partial charge < -0.3 is 32.5 Å². The van der Waals surface area contributed by atoms with Crippen LogP contribution in [0.5, 0.6) is 0 Å². The lowest BCUT2D eigenvalue weighted by Crippen LogP contribution is -2.20. The second-order valence-electron chi connectivity index (χ2n) is 3.46. The highest BCUT2D eigenvalue weighted by Gasteiger charge is 2.23. The van der Waals surface area contributed by atoms with E-state index < -0.39 is 36.7 Å². The quantitative estimate of drug-likeness (QED) is 0.389. The van der Waals surface area contributed by atoms with Gasteiger partial charge in [0.05, 0.1) is 18.8 Å². The molecule has 0 unspecified atom stereocenters. The van der Waals surface area contributed by atoms with E-state index in [4.69, 9.17) is 32.5 Å². The topological polar surface area (TPSA) is 190 Å². The van der Waals surface area contributed by atoms with Crippen molar-refractivity contribution in [2.75, 3.05) is 19.6 Å². The SMILES string of the molecule is CCN.CCN.CCN.O=C(O)CC(CC(=O)O)C(=O)O. The van der Waals surface area contributed by atoms with Gasteiger partial charge >= 0.3 is 17.9 Å². The molecule has 0 spiro atoms. The molecule has 0 aliphatic rings. The van der Waals surface area contributed by atoms with Crippen LogP contribution in [0.15, 0.2) is 0 Å². The molecule has 0 bridgehead atoms. The molecule has 0 saturated heterocycles. The molecule has 0 aliphatic heterocycles. The smallest absolute Gasteiger partial charge is 0.307 e. The zero-order valence-electron chi connectivity index (χ0n) is 12.9. The van der Waals surface area contributed by atoms with Gasteiger partial charge in [0.2, 0.25) is 0 Å². The number of aliphatic carboxylic acids is 3. The van der Waals surface area contributed by atoms with Crippen molar-refractivity contribution < 1.29 is 29.7 Å². The Hall–Kier alpha value is -1.71. The molecule has 9 N–H and O–H groups in total. The van der Waals surface area contributed by atoms with Gasteiger partial charge in [-0.15, -0.1) is 0 Å². The van der Waals surface area contributed by atoms with Crippen LogP contribution in [0.1, 0.15) is 33.6 Å². The summed E-state index contributed by atoms with van der Waals surface area (Å²) in [7, 11) is 0. The minimum atomic E-state index is -1.40. The molecule has 9 nitrogen and oxygen atoms in total. The highest BCUT2D eigenvalue weighted by atomic mass is 16.4. The van der Waals surface area contributed by atoms with Crippen molar-refractivity contribution in [3.05, 3.63) is 0 Å². The predicted octanol–water partition coefficient (Wildman–Crippen LogP) is -0.468. The van der Waals surface area contributed by atoms with Crippen LogP contribution in [-0.4, -0.2) is 52.9 Å². The van der Waals surface area contributed by atoms with E-state index in [2.05, 4.69) is 0 Å². The molecule has 9 heteroatoms. The average Bonchev–Trinajstić information content (AvgIpc) is 2.29. The fourth-order valence-electron chi connectivity index (χ4n) is 0.668. The molecule has 128 valence electrons. The second-order valence-corrected chi connectivity index (χ2v) is 3.46. The summed E-state index contributed by atoms with van der Waals surface area (Å²) in [6.07, 6.45) is -1.33. The van der Waals surface area contributed by atoms with Crippen LogP contribution < -0.4 is 17.2 Å². The number of carboxylic acids is 3. The molecule has 0 rings (SSSR count). The third-order valence-electron chi connectivity index (χ3n) is 1.19. The Balaban J connectivity index is -0.000000132. The Bertz CT molecular complexity index is 241. The molecule has 0 saturated carbocycles. The van der Waals surface area contributed by atoms with Gasteiger partial charge in [0.25, 0.3) is 0 Å². The maximum Gasteiger partial charge on any atom is 0.307 e. The lowest BCUT2D eigenvalue weighted by atomic mass is 10.0. The van der Waals surface area contributed by atoms with Gasteiger partial charge in [0.15, 0.2) is 0 Å². The van der Waals surface area contributed by atoms with Crippen molar-refractivity contribution in [1.82, 2.24) is 0 Å². The molecular weight excluding hydrogens is 282 g/mol. The van der Waals surface area contributed by atoms with E-state index in [1.807, 2.05) is 20.8 Å². The third-order valence-corrected chi connectivity index (χ3v) is 1.19. The zero-order valence-corrected chi connectivity index (χ0v) is 12.9. The standard InChI is InChI=1S/C6H8O6.3C2H7N/c7-4(8)1-3(6(11)12)2-5(9)10;3*1-2-3/h3H,1-2H2,(H,7,8)(H,9,10)(H,11,12);3*2-3H2,1H3. The van der Waals surface area contributed by atoms with E-state index in [-0.39, 0.29) is 0 Å². The summed E-state index contributed by atoms with van der Waals surface area (Å²) in [5.41, 5.74) is 14.5. The third kappa shape index (κ3) is 45.8. The van der Waals surface area contributed by atoms with Gasteiger partial charge in [-0.1, -0.05) is 20.8 Å². The maximum atomic E-state index is 10.2. The summed E-state index contributed by atoms with van der Waals surface area (Å²) >= 11 is 0. The summed E-state index contributed by atoms with van der Waals surface area (Å²) < 4.78 is 0. The van der Waals surface area contributed by atoms with Crippen molar-refractivity contribution in [2.45, 2.75) is 33.6 Å². The van der Waals surface area contributed by atoms with Crippen LogP contribution in [-0.2, 0) is 14.4 Å². The second kappa shape index (κ2) is 23.4. The van der Waals surface area contributed by atoms with Crippen LogP contribution in [0.25, 0.3) is 0 Å². The van der Waals surface area contributed by atoms with Gasteiger partial charge in [0, 0.05) is 0 Å². The molecule has 0 radical (unpaired) electrons. The van der Waals surface area contributed by atoms with E-state index in [0.29, 0.717) is 0 Å². The van der Waals surface area contributed by atoms with E-state index >= 15 is 0 Å². The maximum absolute atomic E-state index is 10.2. The Morgan fingerprint density at radius 2 is 0.952 bits per heavy atom. The fourth-order valence-corrected chi connectivity index (χ4v) is 0.668. The number of carbonyl (C=O) groups is 3. The summed E-state index contributed by atoms with van der Waals surface area (Å²) in [5.74, 6) is -5.38. The molecular formula is C12H29N3O6. The van der Waals surface area contributed by atoms with E-state index in [9.17, 15) is 14.4 Å². The normalized spacial score (nSPS) is 8.14. The molecule has 0 heterocycles. The first-order valence-electron chi connectivity index (χ1n) is 6.44. The monoisotopic (exact) mass is 311 g/mol. The molecule has 0 aromatic heterocycles. The number of hydrogen-bond donors (Lipinski definition) is 6. The molecule has 0 aromatic rings. The highest BCUT2D eigenvalue weighted by Crippen LogP contribution is 2.08. The lowest BCUT2D eigenvalue weighted by Gasteiger charge is -2.04. The van der Waals surface area contributed by atoms with Crippen molar-refractivity contribution in [2.24, 2.45) is 23.1 Å². The zero-order chi connectivity index (χ0) is 17.8. The Labute approximate surface area is 125 Å². The van der Waals surface area contributed by atoms with E-state index in [0.717, 1.165) is 19.6 Å². The fraction of sp³-hybridized carbons (Fsp3) is 0.750. The lowest BCUT2D eigenvalue weighted by molar-refractivity contribution is -0.152. The van der Waals surface area contributed by atoms with Crippen molar-refractivity contribution in [3.63, 3.8) is 0 Å². The van der Waals surface area contributed by atoms with Crippen LogP contribution >= 0.6 is 0 Å². The largest absolute Gasteiger partial charge is 0.481 e. The number of rotatable bonds is 5. The summed E-state index contributed by atoms with van der Waals surface area (Å²) in [4.78, 5) is 30.3. The molecule has 0 fully saturated rings. The minimum Gasteiger partial charge on any atom is -0.481 e. The first-order chi connectivity index (χ1) is 9.67. The van der Waals surface area contributed by atoms with Crippen molar-refractivity contribution >= 4 is 17.9 Å². The average molecular weight is 311 g/mol. The molecule has 21 heavy (non-hydrogen) atoms. The first-order valence-corrected chi connectivity index (χ1v) is 6.44. The summed E-state index contributed by atoms with van der Waals surface area (Å²) in [5, 5.41) is 24.7. The van der Waals surface area contributed by atoms with Gasteiger partial charge in [-0.05, 0) is 19.6 Å². The summed E-state index contributed by atoms with van der Waals surface area (Å²) in [6.45, 7) is 7.96. The molecule has 0 atom stereocenters. The number of hydrogen-bond acceptors (Lipinski definition) is 6.